The number of hydrogen-bond donors (Lipinski definition) is 3. The maximum Gasteiger partial charge on any atom is 0.326 e. The van der Waals surface area contributed by atoms with E-state index in [4.69, 9.17) is 10.5 Å². The molecular formula is C20H21N3O5. The molecule has 1 atom stereocenters. The summed E-state index contributed by atoms with van der Waals surface area (Å²) in [6, 6.07) is 12.9. The van der Waals surface area contributed by atoms with Gasteiger partial charge in [-0.25, -0.2) is 0 Å². The summed E-state index contributed by atoms with van der Waals surface area (Å²) in [5.41, 5.74) is 7.23. The van der Waals surface area contributed by atoms with Crippen molar-refractivity contribution in [2.24, 2.45) is 5.73 Å². The highest BCUT2D eigenvalue weighted by Gasteiger charge is 2.18. The zero-order valence-electron chi connectivity index (χ0n) is 15.5. The molecule has 1 unspecified atom stereocenters. The van der Waals surface area contributed by atoms with Crippen LogP contribution in [-0.4, -0.2) is 36.3 Å². The first-order valence-corrected chi connectivity index (χ1v) is 8.51. The fraction of sp³-hybridized carbons (Fsp3) is 0.200. The smallest absolute Gasteiger partial charge is 0.326 e. The highest BCUT2D eigenvalue weighted by molar-refractivity contribution is 5.98. The maximum atomic E-state index is 12.1. The lowest BCUT2D eigenvalue weighted by molar-refractivity contribution is -0.152. The third-order valence-electron chi connectivity index (χ3n) is 3.79. The van der Waals surface area contributed by atoms with Crippen molar-refractivity contribution in [2.45, 2.75) is 20.0 Å². The van der Waals surface area contributed by atoms with E-state index >= 15 is 0 Å². The molecule has 8 heteroatoms. The molecule has 0 fully saturated rings. The quantitative estimate of drug-likeness (QED) is 0.623. The SMILES string of the molecule is Cc1cccc(C(=O)NCC(=O)OC(C)C(=O)Nc2ccc(C(N)=O)cc2)c1. The second kappa shape index (κ2) is 9.31. The van der Waals surface area contributed by atoms with Gasteiger partial charge in [0, 0.05) is 16.8 Å². The average Bonchev–Trinajstić information content (AvgIpc) is 2.66. The van der Waals surface area contributed by atoms with Crippen molar-refractivity contribution in [3.05, 3.63) is 65.2 Å². The fourth-order valence-electron chi connectivity index (χ4n) is 2.29. The van der Waals surface area contributed by atoms with E-state index in [2.05, 4.69) is 10.6 Å². The first-order chi connectivity index (χ1) is 13.3. The van der Waals surface area contributed by atoms with E-state index in [0.29, 0.717) is 16.8 Å². The standard InChI is InChI=1S/C20H21N3O5/c1-12-4-3-5-15(10-12)20(27)22-11-17(24)28-13(2)19(26)23-16-8-6-14(7-9-16)18(21)25/h3-10,13H,11H2,1-2H3,(H2,21,25)(H,22,27)(H,23,26). The lowest BCUT2D eigenvalue weighted by Gasteiger charge is -2.14. The molecule has 2 aromatic carbocycles. The molecule has 8 nitrogen and oxygen atoms in total. The van der Waals surface area contributed by atoms with E-state index in [1.165, 1.54) is 31.2 Å². The lowest BCUT2D eigenvalue weighted by Crippen LogP contribution is -2.35. The summed E-state index contributed by atoms with van der Waals surface area (Å²) >= 11 is 0. The van der Waals surface area contributed by atoms with Gasteiger partial charge in [-0.15, -0.1) is 0 Å². The normalized spacial score (nSPS) is 11.2. The van der Waals surface area contributed by atoms with Crippen molar-refractivity contribution in [1.29, 1.82) is 0 Å². The summed E-state index contributed by atoms with van der Waals surface area (Å²) in [6.45, 7) is 2.90. The van der Waals surface area contributed by atoms with Crippen LogP contribution in [0.3, 0.4) is 0 Å². The van der Waals surface area contributed by atoms with Gasteiger partial charge < -0.3 is 21.1 Å². The molecule has 0 saturated carbocycles. The Morgan fingerprint density at radius 1 is 1.04 bits per heavy atom. The molecule has 2 aromatic rings. The number of esters is 1. The topological polar surface area (TPSA) is 128 Å². The Kier molecular flexibility index (Phi) is 6.86. The highest BCUT2D eigenvalue weighted by atomic mass is 16.5. The predicted octanol–water partition coefficient (Wildman–Crippen LogP) is 1.39. The van der Waals surface area contributed by atoms with E-state index < -0.39 is 29.8 Å². The van der Waals surface area contributed by atoms with Crippen LogP contribution in [0.4, 0.5) is 5.69 Å². The van der Waals surface area contributed by atoms with Crippen LogP contribution in [0.1, 0.15) is 33.2 Å². The number of primary amides is 1. The molecular weight excluding hydrogens is 362 g/mol. The molecule has 0 aliphatic rings. The summed E-state index contributed by atoms with van der Waals surface area (Å²) in [4.78, 5) is 47.0. The summed E-state index contributed by atoms with van der Waals surface area (Å²) in [5, 5.41) is 5.00. The molecule has 146 valence electrons. The van der Waals surface area contributed by atoms with Crippen molar-refractivity contribution in [3.63, 3.8) is 0 Å². The molecule has 0 aliphatic carbocycles. The van der Waals surface area contributed by atoms with Crippen LogP contribution in [-0.2, 0) is 14.3 Å². The molecule has 0 heterocycles. The van der Waals surface area contributed by atoms with Gasteiger partial charge in [-0.1, -0.05) is 17.7 Å². The van der Waals surface area contributed by atoms with Gasteiger partial charge in [0.2, 0.25) is 5.91 Å². The summed E-state index contributed by atoms with van der Waals surface area (Å²) in [7, 11) is 0. The van der Waals surface area contributed by atoms with Crippen molar-refractivity contribution in [3.8, 4) is 0 Å². The lowest BCUT2D eigenvalue weighted by atomic mass is 10.1. The van der Waals surface area contributed by atoms with E-state index in [1.54, 1.807) is 18.2 Å². The van der Waals surface area contributed by atoms with Crippen molar-refractivity contribution in [1.82, 2.24) is 5.32 Å². The van der Waals surface area contributed by atoms with Crippen molar-refractivity contribution in [2.75, 3.05) is 11.9 Å². The summed E-state index contributed by atoms with van der Waals surface area (Å²) in [5.74, 6) is -2.28. The molecule has 0 saturated heterocycles. The second-order valence-corrected chi connectivity index (χ2v) is 6.12. The van der Waals surface area contributed by atoms with Crippen LogP contribution in [0, 0.1) is 6.92 Å². The number of nitrogens with two attached hydrogens (primary N) is 1. The van der Waals surface area contributed by atoms with Gasteiger partial charge in [0.25, 0.3) is 11.8 Å². The van der Waals surface area contributed by atoms with Gasteiger partial charge >= 0.3 is 5.97 Å². The molecule has 0 spiro atoms. The number of ether oxygens (including phenoxy) is 1. The van der Waals surface area contributed by atoms with Gasteiger partial charge in [0.1, 0.15) is 6.54 Å². The van der Waals surface area contributed by atoms with E-state index in [1.807, 2.05) is 13.0 Å². The second-order valence-electron chi connectivity index (χ2n) is 6.12. The third kappa shape index (κ3) is 5.94. The Bertz CT molecular complexity index is 893. The van der Waals surface area contributed by atoms with Crippen LogP contribution >= 0.6 is 0 Å². The number of nitrogens with one attached hydrogen (secondary N) is 2. The largest absolute Gasteiger partial charge is 0.451 e. The Morgan fingerprint density at radius 2 is 1.71 bits per heavy atom. The zero-order valence-corrected chi connectivity index (χ0v) is 15.5. The first-order valence-electron chi connectivity index (χ1n) is 8.51. The molecule has 28 heavy (non-hydrogen) atoms. The maximum absolute atomic E-state index is 12.1. The number of hydrogen-bond acceptors (Lipinski definition) is 5. The van der Waals surface area contributed by atoms with E-state index in [-0.39, 0.29) is 6.54 Å². The average molecular weight is 383 g/mol. The molecule has 4 N–H and O–H groups in total. The van der Waals surface area contributed by atoms with E-state index in [0.717, 1.165) is 5.56 Å². The number of carbonyl (C=O) groups excluding carboxylic acids is 4. The van der Waals surface area contributed by atoms with Gasteiger partial charge in [0.15, 0.2) is 6.10 Å². The number of rotatable bonds is 7. The highest BCUT2D eigenvalue weighted by Crippen LogP contribution is 2.10. The first kappa shape index (κ1) is 20.6. The number of carbonyl (C=O) groups is 4. The van der Waals surface area contributed by atoms with Crippen LogP contribution in [0.2, 0.25) is 0 Å². The Hall–Kier alpha value is -3.68. The minimum Gasteiger partial charge on any atom is -0.451 e. The number of amides is 3. The summed E-state index contributed by atoms with van der Waals surface area (Å²) in [6.07, 6.45) is -1.07. The number of anilines is 1. The minimum absolute atomic E-state index is 0.307. The number of aryl methyl sites for hydroxylation is 1. The molecule has 3 amide bonds. The van der Waals surface area contributed by atoms with Crippen molar-refractivity contribution < 1.29 is 23.9 Å². The monoisotopic (exact) mass is 383 g/mol. The van der Waals surface area contributed by atoms with Crippen LogP contribution in [0.25, 0.3) is 0 Å². The summed E-state index contributed by atoms with van der Waals surface area (Å²) < 4.78 is 5.02. The van der Waals surface area contributed by atoms with E-state index in [9.17, 15) is 19.2 Å². The van der Waals surface area contributed by atoms with Gasteiger partial charge in [-0.3, -0.25) is 19.2 Å². The third-order valence-corrected chi connectivity index (χ3v) is 3.79. The number of benzene rings is 2. The molecule has 0 aliphatic heterocycles. The van der Waals surface area contributed by atoms with Crippen LogP contribution in [0.5, 0.6) is 0 Å². The van der Waals surface area contributed by atoms with Crippen LogP contribution < -0.4 is 16.4 Å². The minimum atomic E-state index is -1.07. The van der Waals surface area contributed by atoms with Gasteiger partial charge in [-0.05, 0) is 50.2 Å². The van der Waals surface area contributed by atoms with Gasteiger partial charge in [0.05, 0.1) is 0 Å². The van der Waals surface area contributed by atoms with Gasteiger partial charge in [-0.2, -0.15) is 0 Å². The Labute approximate surface area is 162 Å². The fourth-order valence-corrected chi connectivity index (χ4v) is 2.29. The Morgan fingerprint density at radius 3 is 2.32 bits per heavy atom. The molecule has 0 radical (unpaired) electrons. The molecule has 0 bridgehead atoms. The molecule has 0 aromatic heterocycles. The van der Waals surface area contributed by atoms with Crippen molar-refractivity contribution >= 4 is 29.4 Å². The zero-order chi connectivity index (χ0) is 20.7. The molecule has 2 rings (SSSR count). The van der Waals surface area contributed by atoms with Crippen LogP contribution in [0.15, 0.2) is 48.5 Å². The Balaban J connectivity index is 1.81. The predicted molar refractivity (Wildman–Crippen MR) is 103 cm³/mol.